The van der Waals surface area contributed by atoms with E-state index in [1.807, 2.05) is 18.2 Å². The van der Waals surface area contributed by atoms with E-state index in [2.05, 4.69) is 12.2 Å². The molecule has 0 spiro atoms. The molecule has 0 atom stereocenters. The molecule has 1 aliphatic rings. The Bertz CT molecular complexity index is 354. The van der Waals surface area contributed by atoms with Gasteiger partial charge in [-0.3, -0.25) is 0 Å². The molecule has 1 heteroatoms. The highest BCUT2D eigenvalue weighted by Crippen LogP contribution is 1.88. The molecule has 0 aromatic carbocycles. The molecule has 0 unspecified atom stereocenters. The first-order valence-electron chi connectivity index (χ1n) is 3.37. The second kappa shape index (κ2) is 2.18. The van der Waals surface area contributed by atoms with Gasteiger partial charge in [-0.1, -0.05) is 18.2 Å². The second-order valence-corrected chi connectivity index (χ2v) is 2.27. The van der Waals surface area contributed by atoms with Crippen molar-refractivity contribution in [3.05, 3.63) is 35.1 Å². The molecular weight excluding hydrogens is 124 g/mol. The summed E-state index contributed by atoms with van der Waals surface area (Å²) in [6.07, 6.45) is 11.0. The number of furan rings is 1. The monoisotopic (exact) mass is 132 g/mol. The van der Waals surface area contributed by atoms with Crippen molar-refractivity contribution < 1.29 is 4.42 Å². The standard InChI is InChI=1S/C9H8O/c1-2-4-8-6-7-10-9(8)5-3-1/h1,3-7H,2H2. The molecule has 0 aliphatic heterocycles. The van der Waals surface area contributed by atoms with Crippen LogP contribution in [0.2, 0.25) is 0 Å². The van der Waals surface area contributed by atoms with E-state index in [0.29, 0.717) is 0 Å². The first kappa shape index (κ1) is 5.54. The molecule has 10 heavy (non-hydrogen) atoms. The highest BCUT2D eigenvalue weighted by Gasteiger charge is 1.88. The van der Waals surface area contributed by atoms with Crippen molar-refractivity contribution in [3.63, 3.8) is 0 Å². The average molecular weight is 132 g/mol. The van der Waals surface area contributed by atoms with Gasteiger partial charge in [0, 0.05) is 5.22 Å². The molecule has 1 aromatic heterocycles. The van der Waals surface area contributed by atoms with Crippen LogP contribution in [-0.2, 0) is 0 Å². The van der Waals surface area contributed by atoms with E-state index in [-0.39, 0.29) is 0 Å². The maximum Gasteiger partial charge on any atom is 0.133 e. The summed E-state index contributed by atoms with van der Waals surface area (Å²) in [6.45, 7) is 0. The second-order valence-electron chi connectivity index (χ2n) is 2.27. The fraction of sp³-hybridized carbons (Fsp3) is 0.111. The maximum absolute atomic E-state index is 5.20. The predicted octanol–water partition coefficient (Wildman–Crippen LogP) is 0.800. The number of rotatable bonds is 0. The summed E-state index contributed by atoms with van der Waals surface area (Å²) in [4.78, 5) is 0. The van der Waals surface area contributed by atoms with Crippen LogP contribution >= 0.6 is 0 Å². The first-order chi connectivity index (χ1) is 4.97. The van der Waals surface area contributed by atoms with Crippen molar-refractivity contribution in [1.29, 1.82) is 0 Å². The molecule has 1 aromatic rings. The van der Waals surface area contributed by atoms with Crippen molar-refractivity contribution in [3.8, 4) is 0 Å². The molecule has 0 amide bonds. The molecule has 1 heterocycles. The lowest BCUT2D eigenvalue weighted by molar-refractivity contribution is 0.531. The fourth-order valence-electron chi connectivity index (χ4n) is 1.06. The molecule has 1 aliphatic carbocycles. The minimum absolute atomic E-state index is 0.966. The smallest absolute Gasteiger partial charge is 0.133 e. The Morgan fingerprint density at radius 3 is 3.40 bits per heavy atom. The third-order valence-corrected chi connectivity index (χ3v) is 1.58. The van der Waals surface area contributed by atoms with Crippen LogP contribution in [0.15, 0.2) is 28.9 Å². The van der Waals surface area contributed by atoms with Gasteiger partial charge in [0.05, 0.1) is 6.26 Å². The van der Waals surface area contributed by atoms with E-state index < -0.39 is 0 Å². The zero-order valence-electron chi connectivity index (χ0n) is 5.58. The quantitative estimate of drug-likeness (QED) is 0.509. The lowest BCUT2D eigenvalue weighted by atomic mass is 10.3. The Kier molecular flexibility index (Phi) is 1.21. The summed E-state index contributed by atoms with van der Waals surface area (Å²) in [5, 5.41) is 1.20. The van der Waals surface area contributed by atoms with Gasteiger partial charge < -0.3 is 4.42 Å². The van der Waals surface area contributed by atoms with E-state index in [1.54, 1.807) is 6.26 Å². The van der Waals surface area contributed by atoms with Gasteiger partial charge in [-0.15, -0.1) is 0 Å². The number of hydrogen-bond donors (Lipinski definition) is 0. The summed E-state index contributed by atoms with van der Waals surface area (Å²) in [5.41, 5.74) is 0.966. The van der Waals surface area contributed by atoms with Crippen LogP contribution < -0.4 is 10.6 Å². The van der Waals surface area contributed by atoms with E-state index in [4.69, 9.17) is 4.42 Å². The topological polar surface area (TPSA) is 13.1 Å². The fourth-order valence-corrected chi connectivity index (χ4v) is 1.06. The predicted molar refractivity (Wildman–Crippen MR) is 40.6 cm³/mol. The van der Waals surface area contributed by atoms with Crippen LogP contribution in [0.1, 0.15) is 6.42 Å². The van der Waals surface area contributed by atoms with Crippen LogP contribution in [0.25, 0.3) is 12.2 Å². The molecule has 0 N–H and O–H groups in total. The van der Waals surface area contributed by atoms with Crippen molar-refractivity contribution >= 4 is 12.2 Å². The minimum atomic E-state index is 0.966. The zero-order valence-corrected chi connectivity index (χ0v) is 5.58. The van der Waals surface area contributed by atoms with Gasteiger partial charge in [-0.25, -0.2) is 0 Å². The van der Waals surface area contributed by atoms with Crippen LogP contribution in [0, 0.1) is 0 Å². The normalized spacial score (nSPS) is 14.8. The van der Waals surface area contributed by atoms with Crippen molar-refractivity contribution in [1.82, 2.24) is 0 Å². The van der Waals surface area contributed by atoms with E-state index in [0.717, 1.165) is 11.8 Å². The van der Waals surface area contributed by atoms with Gasteiger partial charge in [0.1, 0.15) is 5.42 Å². The van der Waals surface area contributed by atoms with Gasteiger partial charge in [-0.05, 0) is 18.6 Å². The van der Waals surface area contributed by atoms with Gasteiger partial charge in [0.15, 0.2) is 0 Å². The Hall–Kier alpha value is -1.24. The summed E-state index contributed by atoms with van der Waals surface area (Å²) in [6, 6.07) is 1.98. The molecule has 0 radical (unpaired) electrons. The molecular formula is C9H8O. The number of hydrogen-bond acceptors (Lipinski definition) is 1. The Morgan fingerprint density at radius 2 is 2.40 bits per heavy atom. The summed E-state index contributed by atoms with van der Waals surface area (Å²) < 4.78 is 5.20. The van der Waals surface area contributed by atoms with Crippen molar-refractivity contribution in [2.75, 3.05) is 0 Å². The Labute approximate surface area is 59.0 Å². The van der Waals surface area contributed by atoms with Crippen LogP contribution in [-0.4, -0.2) is 0 Å². The summed E-state index contributed by atoms with van der Waals surface area (Å²) in [5.74, 6) is 0. The summed E-state index contributed by atoms with van der Waals surface area (Å²) in [7, 11) is 0. The highest BCUT2D eigenvalue weighted by atomic mass is 16.3. The first-order valence-corrected chi connectivity index (χ1v) is 3.37. The Morgan fingerprint density at radius 1 is 1.40 bits per heavy atom. The summed E-state index contributed by atoms with van der Waals surface area (Å²) >= 11 is 0. The van der Waals surface area contributed by atoms with Crippen molar-refractivity contribution in [2.24, 2.45) is 0 Å². The highest BCUT2D eigenvalue weighted by molar-refractivity contribution is 5.41. The van der Waals surface area contributed by atoms with Gasteiger partial charge in [-0.2, -0.15) is 0 Å². The largest absolute Gasteiger partial charge is 0.464 e. The molecule has 0 fully saturated rings. The lowest BCUT2D eigenvalue weighted by Crippen LogP contribution is -2.17. The minimum Gasteiger partial charge on any atom is -0.464 e. The Balaban J connectivity index is 2.82. The van der Waals surface area contributed by atoms with Gasteiger partial charge >= 0.3 is 0 Å². The number of fused-ring (bicyclic) bond motifs is 1. The van der Waals surface area contributed by atoms with Gasteiger partial charge in [0.25, 0.3) is 0 Å². The molecule has 0 saturated heterocycles. The third kappa shape index (κ3) is 0.798. The molecule has 50 valence electrons. The van der Waals surface area contributed by atoms with Crippen LogP contribution in [0.4, 0.5) is 0 Å². The van der Waals surface area contributed by atoms with E-state index >= 15 is 0 Å². The van der Waals surface area contributed by atoms with Gasteiger partial charge in [0.2, 0.25) is 0 Å². The molecule has 0 saturated carbocycles. The van der Waals surface area contributed by atoms with E-state index in [1.165, 1.54) is 5.22 Å². The molecule has 2 rings (SSSR count). The van der Waals surface area contributed by atoms with Crippen LogP contribution in [0.3, 0.4) is 0 Å². The average Bonchev–Trinajstić information content (AvgIpc) is 2.28. The lowest BCUT2D eigenvalue weighted by Gasteiger charge is -1.72. The molecule has 0 bridgehead atoms. The van der Waals surface area contributed by atoms with E-state index in [9.17, 15) is 0 Å². The molecule has 1 nitrogen and oxygen atoms in total. The van der Waals surface area contributed by atoms with Crippen LogP contribution in [0.5, 0.6) is 0 Å². The number of allylic oxidation sites excluding steroid dienone is 2. The van der Waals surface area contributed by atoms with Crippen molar-refractivity contribution in [2.45, 2.75) is 6.42 Å². The third-order valence-electron chi connectivity index (χ3n) is 1.58. The zero-order chi connectivity index (χ0) is 6.81. The SMILES string of the molecule is C1=CCC=c2ccoc2=C1. The maximum atomic E-state index is 5.20.